The molecule has 0 aliphatic rings. The summed E-state index contributed by atoms with van der Waals surface area (Å²) in [5.74, 6) is -0.590. The van der Waals surface area contributed by atoms with E-state index in [-0.39, 0.29) is 12.1 Å². The molecule has 0 fully saturated rings. The number of carbonyl (C=O) groups is 1. The summed E-state index contributed by atoms with van der Waals surface area (Å²) in [6, 6.07) is 1.64. The van der Waals surface area contributed by atoms with Gasteiger partial charge in [0.15, 0.2) is 10.8 Å². The highest BCUT2D eigenvalue weighted by atomic mass is 35.5. The zero-order valence-corrected chi connectivity index (χ0v) is 21.5. The molecule has 0 saturated carbocycles. The van der Waals surface area contributed by atoms with Crippen molar-refractivity contribution in [3.63, 3.8) is 0 Å². The minimum absolute atomic E-state index is 0.134. The minimum atomic E-state index is -1.67. The molecule has 1 amide bonds. The van der Waals surface area contributed by atoms with Crippen molar-refractivity contribution < 1.29 is 19.4 Å². The Labute approximate surface area is 215 Å². The van der Waals surface area contributed by atoms with Crippen molar-refractivity contribution in [1.29, 1.82) is 0 Å². The Bertz CT molecular complexity index is 1410. The second-order valence-electron chi connectivity index (χ2n) is 9.26. The van der Waals surface area contributed by atoms with E-state index in [2.05, 4.69) is 30.7 Å². The summed E-state index contributed by atoms with van der Waals surface area (Å²) < 4.78 is 15.7. The summed E-state index contributed by atoms with van der Waals surface area (Å²) in [5, 5.41) is 30.8. The lowest BCUT2D eigenvalue weighted by atomic mass is 10.0. The Balaban J connectivity index is 1.71. The number of amides is 1. The van der Waals surface area contributed by atoms with Crippen LogP contribution in [0.5, 0.6) is 0 Å². The molecule has 0 bridgehead atoms. The molecule has 190 valence electrons. The Morgan fingerprint density at radius 3 is 2.58 bits per heavy atom. The molecule has 0 aliphatic carbocycles. The van der Waals surface area contributed by atoms with Gasteiger partial charge in [-0.25, -0.2) is 18.9 Å². The Hall–Kier alpha value is -3.19. The first-order chi connectivity index (χ1) is 16.8. The fraction of sp³-hybridized carbons (Fsp3) is 0.348. The average molecular weight is 534 g/mol. The van der Waals surface area contributed by atoms with Gasteiger partial charge in [-0.3, -0.25) is 9.78 Å². The average Bonchev–Trinajstić information content (AvgIpc) is 3.43. The third kappa shape index (κ3) is 5.62. The molecule has 4 aromatic rings. The van der Waals surface area contributed by atoms with Crippen molar-refractivity contribution in [3.8, 4) is 11.3 Å². The fourth-order valence-electron chi connectivity index (χ4n) is 3.18. The molecule has 4 rings (SSSR count). The molecule has 0 radical (unpaired) electrons. The molecule has 36 heavy (non-hydrogen) atoms. The summed E-state index contributed by atoms with van der Waals surface area (Å²) in [5.41, 5.74) is -0.626. The van der Waals surface area contributed by atoms with Gasteiger partial charge in [-0.2, -0.15) is 5.10 Å². The molecule has 1 atom stereocenters. The molecular formula is C23H25ClFN7O3S. The van der Waals surface area contributed by atoms with Crippen molar-refractivity contribution in [3.05, 3.63) is 52.5 Å². The molecule has 13 heteroatoms. The highest BCUT2D eigenvalue weighted by Gasteiger charge is 2.27. The molecule has 0 saturated heterocycles. The largest absolute Gasteiger partial charge is 0.387 e. The number of anilines is 2. The quantitative estimate of drug-likeness (QED) is 0.269. The number of hydrogen-bond donors (Lipinski definition) is 4. The second-order valence-corrected chi connectivity index (χ2v) is 10.7. The van der Waals surface area contributed by atoms with Crippen molar-refractivity contribution in [2.75, 3.05) is 11.9 Å². The van der Waals surface area contributed by atoms with Crippen LogP contribution in [-0.4, -0.2) is 59.0 Å². The number of nitrogens with one attached hydrogen (secondary N) is 2. The van der Waals surface area contributed by atoms with Crippen LogP contribution in [0.15, 0.2) is 37.1 Å². The third-order valence-electron chi connectivity index (χ3n) is 5.31. The SMILES string of the molecule is CC(C)(O)c1cnc(Nc2cc(-c3cnn4cc(Cl)cnc34)ncc2C(=O)NCC(F)C(C)(C)O)s1. The summed E-state index contributed by atoms with van der Waals surface area (Å²) in [4.78, 5) is 26.6. The van der Waals surface area contributed by atoms with E-state index >= 15 is 0 Å². The van der Waals surface area contributed by atoms with Crippen LogP contribution in [-0.2, 0) is 5.60 Å². The van der Waals surface area contributed by atoms with Gasteiger partial charge < -0.3 is 20.8 Å². The van der Waals surface area contributed by atoms with Crippen LogP contribution >= 0.6 is 22.9 Å². The van der Waals surface area contributed by atoms with Crippen LogP contribution in [0.2, 0.25) is 5.02 Å². The Kier molecular flexibility index (Phi) is 6.97. The monoisotopic (exact) mass is 533 g/mol. The van der Waals surface area contributed by atoms with Crippen LogP contribution in [0, 0.1) is 0 Å². The standard InChI is InChI=1S/C23H25ClFN7O3S/c1-22(2,34)17(25)9-28-20(33)14-7-26-15(13-8-30-32-11-12(24)6-27-19(13)32)5-16(14)31-21-29-10-18(36-21)23(3,4)35/h5-8,10-11,17,34-35H,9H2,1-4H3,(H,28,33)(H,26,29,31). The number of hydrogen-bond acceptors (Lipinski definition) is 9. The number of alkyl halides is 1. The van der Waals surface area contributed by atoms with E-state index in [4.69, 9.17) is 11.6 Å². The number of aromatic nitrogens is 5. The lowest BCUT2D eigenvalue weighted by Gasteiger charge is -2.22. The van der Waals surface area contributed by atoms with Gasteiger partial charge in [0.25, 0.3) is 5.91 Å². The van der Waals surface area contributed by atoms with E-state index in [9.17, 15) is 19.4 Å². The third-order valence-corrected chi connectivity index (χ3v) is 6.73. The number of rotatable bonds is 8. The summed E-state index contributed by atoms with van der Waals surface area (Å²) >= 11 is 7.22. The van der Waals surface area contributed by atoms with E-state index in [1.165, 1.54) is 42.1 Å². The maximum atomic E-state index is 14.2. The van der Waals surface area contributed by atoms with Gasteiger partial charge in [-0.1, -0.05) is 22.9 Å². The predicted octanol–water partition coefficient (Wildman–Crippen LogP) is 3.71. The molecule has 1 unspecified atom stereocenters. The predicted molar refractivity (Wildman–Crippen MR) is 135 cm³/mol. The second kappa shape index (κ2) is 9.69. The molecule has 0 spiro atoms. The highest BCUT2D eigenvalue weighted by Crippen LogP contribution is 2.33. The molecule has 0 aromatic carbocycles. The lowest BCUT2D eigenvalue weighted by molar-refractivity contribution is -0.00177. The van der Waals surface area contributed by atoms with Crippen LogP contribution in [0.25, 0.3) is 16.9 Å². The number of aliphatic hydroxyl groups is 2. The normalized spacial score (nSPS) is 13.1. The smallest absolute Gasteiger partial charge is 0.255 e. The van der Waals surface area contributed by atoms with Crippen molar-refractivity contribution in [2.24, 2.45) is 0 Å². The van der Waals surface area contributed by atoms with Crippen molar-refractivity contribution in [1.82, 2.24) is 29.9 Å². The number of thiazole rings is 1. The number of pyridine rings is 1. The van der Waals surface area contributed by atoms with Crippen molar-refractivity contribution in [2.45, 2.75) is 45.1 Å². The molecule has 0 aliphatic heterocycles. The molecule has 4 N–H and O–H groups in total. The zero-order chi connectivity index (χ0) is 26.3. The van der Waals surface area contributed by atoms with Crippen molar-refractivity contribution >= 4 is 45.3 Å². The zero-order valence-electron chi connectivity index (χ0n) is 20.0. The Morgan fingerprint density at radius 2 is 1.92 bits per heavy atom. The first-order valence-corrected chi connectivity index (χ1v) is 12.1. The van der Waals surface area contributed by atoms with Gasteiger partial charge >= 0.3 is 0 Å². The minimum Gasteiger partial charge on any atom is -0.387 e. The molecule has 4 aromatic heterocycles. The first-order valence-electron chi connectivity index (χ1n) is 10.9. The molecular weight excluding hydrogens is 509 g/mol. The van der Waals surface area contributed by atoms with Gasteiger partial charge in [-0.15, -0.1) is 0 Å². The summed E-state index contributed by atoms with van der Waals surface area (Å²) in [6.45, 7) is 5.56. The maximum absolute atomic E-state index is 14.2. The maximum Gasteiger partial charge on any atom is 0.255 e. The van der Waals surface area contributed by atoms with Crippen LogP contribution in [0.4, 0.5) is 15.2 Å². The topological polar surface area (TPSA) is 138 Å². The Morgan fingerprint density at radius 1 is 1.17 bits per heavy atom. The number of halogens is 2. The van der Waals surface area contributed by atoms with Gasteiger partial charge in [0.1, 0.15) is 6.17 Å². The van der Waals surface area contributed by atoms with Crippen LogP contribution in [0.1, 0.15) is 42.9 Å². The van der Waals surface area contributed by atoms with E-state index < -0.39 is 23.3 Å². The van der Waals surface area contributed by atoms with Gasteiger partial charge in [0.2, 0.25) is 0 Å². The summed E-state index contributed by atoms with van der Waals surface area (Å²) in [7, 11) is 0. The number of carbonyl (C=O) groups excluding carboxylic acids is 1. The van der Waals surface area contributed by atoms with Crippen LogP contribution < -0.4 is 10.6 Å². The van der Waals surface area contributed by atoms with E-state index in [1.54, 1.807) is 38.5 Å². The number of nitrogens with zero attached hydrogens (tertiary/aromatic N) is 5. The molecule has 10 nitrogen and oxygen atoms in total. The van der Waals surface area contributed by atoms with E-state index in [0.717, 1.165) is 0 Å². The van der Waals surface area contributed by atoms with Gasteiger partial charge in [0, 0.05) is 18.6 Å². The molecule has 4 heterocycles. The highest BCUT2D eigenvalue weighted by molar-refractivity contribution is 7.15. The number of fused-ring (bicyclic) bond motifs is 1. The lowest BCUT2D eigenvalue weighted by Crippen LogP contribution is -2.42. The summed E-state index contributed by atoms with van der Waals surface area (Å²) in [6.07, 6.45) is 5.91. The van der Waals surface area contributed by atoms with Gasteiger partial charge in [-0.05, 0) is 33.8 Å². The fourth-order valence-corrected chi connectivity index (χ4v) is 4.15. The van der Waals surface area contributed by atoms with E-state index in [1.807, 2.05) is 0 Å². The van der Waals surface area contributed by atoms with Gasteiger partial charge in [0.05, 0.1) is 62.5 Å². The van der Waals surface area contributed by atoms with Crippen LogP contribution in [0.3, 0.4) is 0 Å². The first kappa shape index (κ1) is 25.9. The van der Waals surface area contributed by atoms with E-state index in [0.29, 0.717) is 37.6 Å².